The molecule has 3 heterocycles. The highest BCUT2D eigenvalue weighted by Gasteiger charge is 2.29. The standard InChI is InChI=1S/C18H26N4O/c1-5-17(23)21-11-7-6-8-13(21)14-9-10-19-16-12-15(18(2,3)4)20-22(14)16/h9-10,12-13H,5-8,11H2,1-4H3/t13-/m1/s1. The third kappa shape index (κ3) is 2.96. The molecule has 5 heteroatoms. The molecule has 1 aliphatic rings. The summed E-state index contributed by atoms with van der Waals surface area (Å²) in [6.45, 7) is 9.24. The Morgan fingerprint density at radius 3 is 2.83 bits per heavy atom. The maximum absolute atomic E-state index is 12.3. The SMILES string of the molecule is CCC(=O)N1CCCC[C@@H]1c1ccnc2cc(C(C)(C)C)nn12. The van der Waals surface area contributed by atoms with Crippen LogP contribution in [0.25, 0.3) is 5.65 Å². The number of likely N-dealkylation sites (tertiary alicyclic amines) is 1. The molecule has 3 rings (SSSR count). The molecule has 0 spiro atoms. The third-order valence-electron chi connectivity index (χ3n) is 4.62. The first-order valence-electron chi connectivity index (χ1n) is 8.56. The Balaban J connectivity index is 2.07. The fourth-order valence-corrected chi connectivity index (χ4v) is 3.27. The fraction of sp³-hybridized carbons (Fsp3) is 0.611. The first-order chi connectivity index (χ1) is 10.9. The van der Waals surface area contributed by atoms with E-state index in [4.69, 9.17) is 5.10 Å². The second-order valence-corrected chi connectivity index (χ2v) is 7.37. The van der Waals surface area contributed by atoms with E-state index in [1.807, 2.05) is 28.6 Å². The summed E-state index contributed by atoms with van der Waals surface area (Å²) in [5.74, 6) is 0.225. The van der Waals surface area contributed by atoms with Crippen LogP contribution in [0.5, 0.6) is 0 Å². The Morgan fingerprint density at radius 2 is 2.13 bits per heavy atom. The van der Waals surface area contributed by atoms with Crippen molar-refractivity contribution in [3.63, 3.8) is 0 Å². The average molecular weight is 314 g/mol. The van der Waals surface area contributed by atoms with E-state index in [2.05, 4.69) is 31.8 Å². The van der Waals surface area contributed by atoms with Gasteiger partial charge in [0, 0.05) is 30.6 Å². The molecule has 1 atom stereocenters. The van der Waals surface area contributed by atoms with E-state index < -0.39 is 0 Å². The van der Waals surface area contributed by atoms with Crippen molar-refractivity contribution < 1.29 is 4.79 Å². The Bertz CT molecular complexity index is 713. The molecule has 1 amide bonds. The predicted molar refractivity (Wildman–Crippen MR) is 90.3 cm³/mol. The molecule has 0 radical (unpaired) electrons. The Kier molecular flexibility index (Phi) is 4.13. The summed E-state index contributed by atoms with van der Waals surface area (Å²) < 4.78 is 1.94. The molecule has 2 aromatic rings. The Hall–Kier alpha value is -1.91. The topological polar surface area (TPSA) is 50.5 Å². The number of carbonyl (C=O) groups excluding carboxylic acids is 1. The van der Waals surface area contributed by atoms with E-state index in [0.717, 1.165) is 42.8 Å². The lowest BCUT2D eigenvalue weighted by atomic mass is 9.93. The fourth-order valence-electron chi connectivity index (χ4n) is 3.27. The van der Waals surface area contributed by atoms with Crippen molar-refractivity contribution in [2.24, 2.45) is 0 Å². The number of hydrogen-bond donors (Lipinski definition) is 0. The molecule has 1 fully saturated rings. The highest BCUT2D eigenvalue weighted by Crippen LogP contribution is 2.32. The van der Waals surface area contributed by atoms with Gasteiger partial charge >= 0.3 is 0 Å². The minimum Gasteiger partial charge on any atom is -0.334 e. The number of aromatic nitrogens is 3. The van der Waals surface area contributed by atoms with Crippen molar-refractivity contribution in [3.8, 4) is 0 Å². The lowest BCUT2D eigenvalue weighted by Gasteiger charge is -2.35. The lowest BCUT2D eigenvalue weighted by molar-refractivity contribution is -0.134. The van der Waals surface area contributed by atoms with E-state index in [1.165, 1.54) is 0 Å². The van der Waals surface area contributed by atoms with Crippen molar-refractivity contribution in [1.82, 2.24) is 19.5 Å². The van der Waals surface area contributed by atoms with Gasteiger partial charge in [0.05, 0.1) is 17.4 Å². The van der Waals surface area contributed by atoms with Gasteiger partial charge in [-0.15, -0.1) is 0 Å². The molecule has 23 heavy (non-hydrogen) atoms. The van der Waals surface area contributed by atoms with Gasteiger partial charge in [-0.1, -0.05) is 27.7 Å². The largest absolute Gasteiger partial charge is 0.334 e. The number of nitrogens with zero attached hydrogens (tertiary/aromatic N) is 4. The normalized spacial score (nSPS) is 19.3. The number of rotatable bonds is 2. The third-order valence-corrected chi connectivity index (χ3v) is 4.62. The molecule has 1 saturated heterocycles. The van der Waals surface area contributed by atoms with Crippen molar-refractivity contribution in [3.05, 3.63) is 29.7 Å². The molecule has 124 valence electrons. The summed E-state index contributed by atoms with van der Waals surface area (Å²) in [5.41, 5.74) is 2.95. The first kappa shape index (κ1) is 16.0. The van der Waals surface area contributed by atoms with Gasteiger partial charge in [0.25, 0.3) is 0 Å². The average Bonchev–Trinajstić information content (AvgIpc) is 2.98. The highest BCUT2D eigenvalue weighted by molar-refractivity contribution is 5.76. The van der Waals surface area contributed by atoms with E-state index in [1.54, 1.807) is 0 Å². The molecule has 0 bridgehead atoms. The van der Waals surface area contributed by atoms with Crippen molar-refractivity contribution >= 4 is 11.6 Å². The monoisotopic (exact) mass is 314 g/mol. The number of hydrogen-bond acceptors (Lipinski definition) is 3. The Labute approximate surface area is 137 Å². The number of fused-ring (bicyclic) bond motifs is 1. The van der Waals surface area contributed by atoms with Gasteiger partial charge < -0.3 is 4.90 Å². The lowest BCUT2D eigenvalue weighted by Crippen LogP contribution is -2.39. The number of carbonyl (C=O) groups is 1. The van der Waals surface area contributed by atoms with Crippen LogP contribution in [0.4, 0.5) is 0 Å². The van der Waals surface area contributed by atoms with Crippen LogP contribution in [0.3, 0.4) is 0 Å². The first-order valence-corrected chi connectivity index (χ1v) is 8.56. The van der Waals surface area contributed by atoms with Crippen molar-refractivity contribution in [2.45, 2.75) is 64.8 Å². The van der Waals surface area contributed by atoms with Gasteiger partial charge in [-0.3, -0.25) is 4.79 Å². The molecule has 0 unspecified atom stereocenters. The second-order valence-electron chi connectivity index (χ2n) is 7.37. The zero-order chi connectivity index (χ0) is 16.6. The minimum absolute atomic E-state index is 0.0174. The van der Waals surface area contributed by atoms with Gasteiger partial charge in [0.2, 0.25) is 5.91 Å². The van der Waals surface area contributed by atoms with Crippen LogP contribution in [0.2, 0.25) is 0 Å². The maximum Gasteiger partial charge on any atom is 0.222 e. The maximum atomic E-state index is 12.3. The molecular weight excluding hydrogens is 288 g/mol. The summed E-state index contributed by atoms with van der Waals surface area (Å²) in [5, 5.41) is 4.79. The van der Waals surface area contributed by atoms with E-state index >= 15 is 0 Å². The van der Waals surface area contributed by atoms with Gasteiger partial charge in [0.1, 0.15) is 0 Å². The van der Waals surface area contributed by atoms with Crippen LogP contribution < -0.4 is 0 Å². The quantitative estimate of drug-likeness (QED) is 0.852. The molecule has 0 aliphatic carbocycles. The minimum atomic E-state index is -0.0174. The van der Waals surface area contributed by atoms with Crippen LogP contribution in [0.15, 0.2) is 18.3 Å². The summed E-state index contributed by atoms with van der Waals surface area (Å²) in [6, 6.07) is 4.17. The van der Waals surface area contributed by atoms with Gasteiger partial charge in [0.15, 0.2) is 5.65 Å². The number of amides is 1. The van der Waals surface area contributed by atoms with E-state index in [0.29, 0.717) is 6.42 Å². The van der Waals surface area contributed by atoms with Crippen LogP contribution in [-0.2, 0) is 10.2 Å². The van der Waals surface area contributed by atoms with Crippen LogP contribution in [0.1, 0.15) is 70.8 Å². The summed E-state index contributed by atoms with van der Waals surface area (Å²) in [7, 11) is 0. The molecule has 0 N–H and O–H groups in total. The molecule has 1 aliphatic heterocycles. The van der Waals surface area contributed by atoms with Crippen LogP contribution in [-0.4, -0.2) is 31.9 Å². The van der Waals surface area contributed by atoms with Crippen LogP contribution >= 0.6 is 0 Å². The van der Waals surface area contributed by atoms with Crippen molar-refractivity contribution in [1.29, 1.82) is 0 Å². The van der Waals surface area contributed by atoms with Gasteiger partial charge in [-0.2, -0.15) is 5.10 Å². The second kappa shape index (κ2) is 5.95. The summed E-state index contributed by atoms with van der Waals surface area (Å²) >= 11 is 0. The predicted octanol–water partition coefficient (Wildman–Crippen LogP) is 3.49. The summed E-state index contributed by atoms with van der Waals surface area (Å²) in [6.07, 6.45) is 5.62. The van der Waals surface area contributed by atoms with Gasteiger partial charge in [-0.05, 0) is 25.3 Å². The van der Waals surface area contributed by atoms with Crippen molar-refractivity contribution in [2.75, 3.05) is 6.54 Å². The highest BCUT2D eigenvalue weighted by atomic mass is 16.2. The van der Waals surface area contributed by atoms with E-state index in [9.17, 15) is 4.79 Å². The smallest absolute Gasteiger partial charge is 0.222 e. The zero-order valence-electron chi connectivity index (χ0n) is 14.5. The molecule has 5 nitrogen and oxygen atoms in total. The van der Waals surface area contributed by atoms with Crippen LogP contribution in [0, 0.1) is 0 Å². The molecule has 2 aromatic heterocycles. The van der Waals surface area contributed by atoms with Gasteiger partial charge in [-0.25, -0.2) is 9.50 Å². The Morgan fingerprint density at radius 1 is 1.35 bits per heavy atom. The molecule has 0 saturated carbocycles. The number of piperidine rings is 1. The molecule has 0 aromatic carbocycles. The van der Waals surface area contributed by atoms with E-state index in [-0.39, 0.29) is 17.4 Å². The molecular formula is C18H26N4O. The zero-order valence-corrected chi connectivity index (χ0v) is 14.5. The summed E-state index contributed by atoms with van der Waals surface area (Å²) in [4.78, 5) is 18.8.